The van der Waals surface area contributed by atoms with Crippen LogP contribution < -0.4 is 35.6 Å². The number of hydrogen-bond donors (Lipinski definition) is 3. The molecular weight excluding hydrogens is 558 g/mol. The zero-order valence-electron chi connectivity index (χ0n) is 26.6. The molecule has 234 valence electrons. The highest BCUT2D eigenvalue weighted by Crippen LogP contribution is 2.50. The minimum Gasteiger partial charge on any atom is -0.493 e. The van der Waals surface area contributed by atoms with Gasteiger partial charge in [0.25, 0.3) is 0 Å². The predicted molar refractivity (Wildman–Crippen MR) is 173 cm³/mol. The molecular formula is C35H43N3O6. The Labute approximate surface area is 259 Å². The molecule has 4 rings (SSSR count). The lowest BCUT2D eigenvalue weighted by Gasteiger charge is -2.26. The molecule has 3 N–H and O–H groups in total. The summed E-state index contributed by atoms with van der Waals surface area (Å²) in [5, 5.41) is 9.41. The van der Waals surface area contributed by atoms with Crippen LogP contribution in [0, 0.1) is 5.92 Å². The summed E-state index contributed by atoms with van der Waals surface area (Å²) in [6, 6.07) is 15.5. The quantitative estimate of drug-likeness (QED) is 0.263. The van der Waals surface area contributed by atoms with Crippen LogP contribution in [0.15, 0.2) is 59.4 Å². The number of benzene rings is 2. The van der Waals surface area contributed by atoms with Crippen molar-refractivity contribution in [1.29, 1.82) is 0 Å². The van der Waals surface area contributed by atoms with Gasteiger partial charge in [0, 0.05) is 12.5 Å². The molecule has 2 amide bonds. The predicted octanol–water partition coefficient (Wildman–Crippen LogP) is 5.57. The maximum Gasteiger partial charge on any atom is 0.243 e. The second-order valence-corrected chi connectivity index (χ2v) is 11.2. The van der Waals surface area contributed by atoms with Crippen molar-refractivity contribution in [2.75, 3.05) is 26.6 Å². The number of methoxy groups -OCH3 is 3. The number of carbonyl (C=O) groups excluding carboxylic acids is 2. The van der Waals surface area contributed by atoms with Gasteiger partial charge in [-0.2, -0.15) is 0 Å². The van der Waals surface area contributed by atoms with E-state index in [0.717, 1.165) is 28.7 Å². The summed E-state index contributed by atoms with van der Waals surface area (Å²) in [5.74, 6) is 0.986. The Balaban J connectivity index is 1.83. The Morgan fingerprint density at radius 1 is 0.955 bits per heavy atom. The molecule has 0 radical (unpaired) electrons. The van der Waals surface area contributed by atoms with Gasteiger partial charge in [-0.05, 0) is 66.1 Å². The van der Waals surface area contributed by atoms with Crippen LogP contribution in [0.1, 0.15) is 69.3 Å². The van der Waals surface area contributed by atoms with Crippen molar-refractivity contribution in [3.8, 4) is 28.4 Å². The highest BCUT2D eigenvalue weighted by molar-refractivity contribution is 5.86. The number of nitrogens with one attached hydrogen (secondary N) is 3. The van der Waals surface area contributed by atoms with Gasteiger partial charge in [0.15, 0.2) is 11.5 Å². The molecule has 9 heteroatoms. The Morgan fingerprint density at radius 2 is 1.66 bits per heavy atom. The monoisotopic (exact) mass is 601 g/mol. The second kappa shape index (κ2) is 14.3. The van der Waals surface area contributed by atoms with Crippen LogP contribution in [0.3, 0.4) is 0 Å². The summed E-state index contributed by atoms with van der Waals surface area (Å²) in [6.45, 7) is 7.40. The van der Waals surface area contributed by atoms with Crippen molar-refractivity contribution in [2.45, 2.75) is 65.1 Å². The lowest BCUT2D eigenvalue weighted by Crippen LogP contribution is -2.45. The molecule has 0 fully saturated rings. The molecule has 9 nitrogen and oxygen atoms in total. The molecule has 4 atom stereocenters. The van der Waals surface area contributed by atoms with Gasteiger partial charge in [0.1, 0.15) is 6.04 Å². The molecule has 1 aliphatic rings. The Bertz CT molecular complexity index is 1560. The number of fused-ring (bicyclic) bond motifs is 3. The molecule has 0 heterocycles. The van der Waals surface area contributed by atoms with E-state index in [1.165, 1.54) is 6.92 Å². The summed E-state index contributed by atoms with van der Waals surface area (Å²) >= 11 is 0. The molecule has 0 aromatic heterocycles. The molecule has 0 spiro atoms. The number of anilines is 1. The molecule has 0 aliphatic heterocycles. The van der Waals surface area contributed by atoms with Crippen molar-refractivity contribution in [3.63, 3.8) is 0 Å². The summed E-state index contributed by atoms with van der Waals surface area (Å²) in [7, 11) is 4.68. The van der Waals surface area contributed by atoms with E-state index in [1.807, 2.05) is 63.2 Å². The number of rotatable bonds is 11. The first kappa shape index (κ1) is 32.4. The van der Waals surface area contributed by atoms with Crippen LogP contribution in [0.2, 0.25) is 0 Å². The van der Waals surface area contributed by atoms with Gasteiger partial charge in [-0.15, -0.1) is 0 Å². The Kier molecular flexibility index (Phi) is 10.5. The van der Waals surface area contributed by atoms with Crippen LogP contribution in [-0.4, -0.2) is 39.2 Å². The normalized spacial score (nSPS) is 15.8. The number of aryl methyl sites for hydroxylation is 1. The lowest BCUT2D eigenvalue weighted by atomic mass is 9.95. The van der Waals surface area contributed by atoms with E-state index in [1.54, 1.807) is 33.5 Å². The standard InChI is InChI=1S/C35H43N3O6/c1-8-20(2)32(35(41)36-21(3)23-12-10-9-11-13-23)38-28-17-15-25-26(19-29(28)40)27(37-22(4)39)16-14-24-18-30(42-5)33(43-6)34(44-7)31(24)25/h9-13,15,17-21,27,32H,8,14,16H2,1-7H3,(H,36,41)(H,37,39)(H,38,40)/t20-,21-,27-,32-/m0/s1. The molecule has 44 heavy (non-hydrogen) atoms. The first-order valence-electron chi connectivity index (χ1n) is 15.0. The molecule has 3 aromatic carbocycles. The van der Waals surface area contributed by atoms with Gasteiger partial charge in [0.2, 0.25) is 23.0 Å². The lowest BCUT2D eigenvalue weighted by molar-refractivity contribution is -0.123. The van der Waals surface area contributed by atoms with Crippen LogP contribution in [0.4, 0.5) is 5.69 Å². The van der Waals surface area contributed by atoms with Gasteiger partial charge in [0.05, 0.1) is 39.1 Å². The fraction of sp³-hybridized carbons (Fsp3) is 0.400. The zero-order chi connectivity index (χ0) is 32.0. The highest BCUT2D eigenvalue weighted by atomic mass is 16.5. The third-order valence-electron chi connectivity index (χ3n) is 8.38. The number of hydrogen-bond acceptors (Lipinski definition) is 7. The molecule has 1 aliphatic carbocycles. The number of carbonyl (C=O) groups is 2. The average Bonchev–Trinajstić information content (AvgIpc) is 3.26. The van der Waals surface area contributed by atoms with E-state index < -0.39 is 12.1 Å². The fourth-order valence-electron chi connectivity index (χ4n) is 5.82. The van der Waals surface area contributed by atoms with E-state index >= 15 is 0 Å². The van der Waals surface area contributed by atoms with Crippen LogP contribution >= 0.6 is 0 Å². The molecule has 3 aromatic rings. The van der Waals surface area contributed by atoms with Crippen molar-refractivity contribution >= 4 is 17.5 Å². The van der Waals surface area contributed by atoms with E-state index in [2.05, 4.69) is 16.0 Å². The van der Waals surface area contributed by atoms with Crippen molar-refractivity contribution in [3.05, 3.63) is 81.5 Å². The van der Waals surface area contributed by atoms with Gasteiger partial charge in [-0.3, -0.25) is 14.4 Å². The smallest absolute Gasteiger partial charge is 0.243 e. The SMILES string of the molecule is CC[C@H](C)[C@H](Nc1ccc2c(cc1=O)[C@@H](NC(C)=O)CCc1cc(OC)c(OC)c(OC)c1-2)C(=O)N[C@@H](C)c1ccccc1. The fourth-order valence-corrected chi connectivity index (χ4v) is 5.82. The van der Waals surface area contributed by atoms with E-state index in [-0.39, 0.29) is 34.9 Å². The van der Waals surface area contributed by atoms with Crippen LogP contribution in [0.25, 0.3) is 11.1 Å². The van der Waals surface area contributed by atoms with Gasteiger partial charge < -0.3 is 30.2 Å². The minimum atomic E-state index is -0.654. The molecule has 0 saturated heterocycles. The largest absolute Gasteiger partial charge is 0.493 e. The van der Waals surface area contributed by atoms with E-state index in [4.69, 9.17) is 14.2 Å². The zero-order valence-corrected chi connectivity index (χ0v) is 26.6. The van der Waals surface area contributed by atoms with Gasteiger partial charge in [-0.25, -0.2) is 0 Å². The third-order valence-corrected chi connectivity index (χ3v) is 8.38. The maximum absolute atomic E-state index is 13.9. The van der Waals surface area contributed by atoms with Gasteiger partial charge >= 0.3 is 0 Å². The van der Waals surface area contributed by atoms with Crippen molar-refractivity contribution in [2.24, 2.45) is 5.92 Å². The minimum absolute atomic E-state index is 0.0645. The van der Waals surface area contributed by atoms with Crippen LogP contribution in [-0.2, 0) is 16.0 Å². The number of amides is 2. The summed E-state index contributed by atoms with van der Waals surface area (Å²) < 4.78 is 17.2. The Morgan fingerprint density at radius 3 is 2.27 bits per heavy atom. The van der Waals surface area contributed by atoms with E-state index in [0.29, 0.717) is 35.7 Å². The van der Waals surface area contributed by atoms with Gasteiger partial charge in [-0.1, -0.05) is 56.7 Å². The Hall–Kier alpha value is -4.53. The van der Waals surface area contributed by atoms with Crippen molar-refractivity contribution < 1.29 is 23.8 Å². The average molecular weight is 602 g/mol. The van der Waals surface area contributed by atoms with E-state index in [9.17, 15) is 14.4 Å². The second-order valence-electron chi connectivity index (χ2n) is 11.2. The summed E-state index contributed by atoms with van der Waals surface area (Å²) in [4.78, 5) is 39.7. The molecule has 0 bridgehead atoms. The number of ether oxygens (including phenoxy) is 3. The van der Waals surface area contributed by atoms with Crippen LogP contribution in [0.5, 0.6) is 17.2 Å². The van der Waals surface area contributed by atoms with Crippen molar-refractivity contribution in [1.82, 2.24) is 10.6 Å². The third kappa shape index (κ3) is 6.82. The highest BCUT2D eigenvalue weighted by Gasteiger charge is 2.30. The topological polar surface area (TPSA) is 115 Å². The summed E-state index contributed by atoms with van der Waals surface area (Å²) in [6.07, 6.45) is 1.88. The molecule has 0 unspecified atom stereocenters. The first-order valence-corrected chi connectivity index (χ1v) is 15.0. The maximum atomic E-state index is 13.9. The first-order chi connectivity index (χ1) is 21.1. The molecule has 0 saturated carbocycles. The summed E-state index contributed by atoms with van der Waals surface area (Å²) in [5.41, 5.74) is 4.07.